The molecule has 0 saturated heterocycles. The Morgan fingerprint density at radius 2 is 1.78 bits per heavy atom. The molecule has 0 spiro atoms. The Kier molecular flexibility index (Phi) is 3.42. The largest absolute Gasteiger partial charge is 0.311 e. The Morgan fingerprint density at radius 1 is 1.11 bits per heavy atom. The van der Waals surface area contributed by atoms with E-state index < -0.39 is 0 Å². The van der Waals surface area contributed by atoms with Gasteiger partial charge >= 0.3 is 0 Å². The van der Waals surface area contributed by atoms with Gasteiger partial charge in [-0.3, -0.25) is 4.79 Å². The number of anilines is 1. The van der Waals surface area contributed by atoms with E-state index in [0.717, 1.165) is 11.3 Å². The lowest BCUT2D eigenvalue weighted by Gasteiger charge is -2.17. The standard InChI is InChI=1S/C15H14FNO/c1-11-4-3-5-14(10-11)17(2)15(18)12-6-8-13(16)9-7-12/h3-10H,1-2H3. The van der Waals surface area contributed by atoms with Gasteiger partial charge in [-0.05, 0) is 48.9 Å². The fourth-order valence-electron chi connectivity index (χ4n) is 1.74. The number of hydrogen-bond acceptors (Lipinski definition) is 1. The van der Waals surface area contributed by atoms with Gasteiger partial charge in [0.2, 0.25) is 0 Å². The Balaban J connectivity index is 2.26. The Hall–Kier alpha value is -2.16. The molecule has 0 unspecified atom stereocenters. The summed E-state index contributed by atoms with van der Waals surface area (Å²) in [4.78, 5) is 13.7. The first kappa shape index (κ1) is 12.3. The van der Waals surface area contributed by atoms with Gasteiger partial charge in [-0.15, -0.1) is 0 Å². The van der Waals surface area contributed by atoms with E-state index in [9.17, 15) is 9.18 Å². The zero-order chi connectivity index (χ0) is 13.1. The summed E-state index contributed by atoms with van der Waals surface area (Å²) in [6.45, 7) is 1.97. The summed E-state index contributed by atoms with van der Waals surface area (Å²) < 4.78 is 12.8. The summed E-state index contributed by atoms with van der Waals surface area (Å²) in [6.07, 6.45) is 0. The van der Waals surface area contributed by atoms with Gasteiger partial charge in [0.05, 0.1) is 0 Å². The van der Waals surface area contributed by atoms with Gasteiger partial charge in [0, 0.05) is 18.3 Å². The number of amides is 1. The molecular formula is C15H14FNO. The molecule has 92 valence electrons. The SMILES string of the molecule is Cc1cccc(N(C)C(=O)c2ccc(F)cc2)c1. The van der Waals surface area contributed by atoms with Crippen molar-refractivity contribution in [2.24, 2.45) is 0 Å². The monoisotopic (exact) mass is 243 g/mol. The second-order valence-electron chi connectivity index (χ2n) is 4.21. The molecule has 0 aliphatic carbocycles. The van der Waals surface area contributed by atoms with Crippen LogP contribution < -0.4 is 4.90 Å². The maximum Gasteiger partial charge on any atom is 0.258 e. The lowest BCUT2D eigenvalue weighted by Crippen LogP contribution is -2.26. The molecule has 0 aliphatic rings. The molecule has 3 heteroatoms. The summed E-state index contributed by atoms with van der Waals surface area (Å²) in [5.74, 6) is -0.495. The average Bonchev–Trinajstić information content (AvgIpc) is 2.38. The molecule has 0 aliphatic heterocycles. The molecule has 0 heterocycles. The summed E-state index contributed by atoms with van der Waals surface area (Å²) in [6, 6.07) is 13.2. The first-order chi connectivity index (χ1) is 8.58. The molecule has 0 bridgehead atoms. The normalized spacial score (nSPS) is 10.2. The summed E-state index contributed by atoms with van der Waals surface area (Å²) >= 11 is 0. The number of hydrogen-bond donors (Lipinski definition) is 0. The molecule has 2 aromatic carbocycles. The average molecular weight is 243 g/mol. The summed E-state index contributed by atoms with van der Waals surface area (Å²) in [5.41, 5.74) is 2.39. The molecule has 0 atom stereocenters. The second kappa shape index (κ2) is 5.00. The molecule has 2 nitrogen and oxygen atoms in total. The van der Waals surface area contributed by atoms with Gasteiger partial charge in [0.1, 0.15) is 5.82 Å². The van der Waals surface area contributed by atoms with Crippen molar-refractivity contribution in [1.29, 1.82) is 0 Å². The van der Waals surface area contributed by atoms with Crippen molar-refractivity contribution in [3.05, 3.63) is 65.5 Å². The van der Waals surface area contributed by atoms with Crippen molar-refractivity contribution in [1.82, 2.24) is 0 Å². The topological polar surface area (TPSA) is 20.3 Å². The molecule has 0 fully saturated rings. The first-order valence-corrected chi connectivity index (χ1v) is 5.68. The van der Waals surface area contributed by atoms with E-state index in [2.05, 4.69) is 0 Å². The highest BCUT2D eigenvalue weighted by Gasteiger charge is 2.13. The van der Waals surface area contributed by atoms with Crippen molar-refractivity contribution in [2.45, 2.75) is 6.92 Å². The van der Waals surface area contributed by atoms with Gasteiger partial charge in [-0.25, -0.2) is 4.39 Å². The third-order valence-electron chi connectivity index (χ3n) is 2.78. The molecule has 18 heavy (non-hydrogen) atoms. The Labute approximate surface area is 106 Å². The number of nitrogens with zero attached hydrogens (tertiary/aromatic N) is 1. The number of halogens is 1. The van der Waals surface area contributed by atoms with E-state index in [0.29, 0.717) is 5.56 Å². The quantitative estimate of drug-likeness (QED) is 0.791. The summed E-state index contributed by atoms with van der Waals surface area (Å²) in [5, 5.41) is 0. The number of carbonyl (C=O) groups excluding carboxylic acids is 1. The predicted octanol–water partition coefficient (Wildman–Crippen LogP) is 3.41. The number of benzene rings is 2. The van der Waals surface area contributed by atoms with Gasteiger partial charge < -0.3 is 4.90 Å². The van der Waals surface area contributed by atoms with E-state index in [4.69, 9.17) is 0 Å². The van der Waals surface area contributed by atoms with Gasteiger partial charge in [0.25, 0.3) is 5.91 Å². The van der Waals surface area contributed by atoms with E-state index in [1.165, 1.54) is 24.3 Å². The van der Waals surface area contributed by atoms with Crippen LogP contribution in [0.1, 0.15) is 15.9 Å². The van der Waals surface area contributed by atoms with Gasteiger partial charge in [-0.1, -0.05) is 12.1 Å². The number of rotatable bonds is 2. The second-order valence-corrected chi connectivity index (χ2v) is 4.21. The molecule has 0 radical (unpaired) electrons. The van der Waals surface area contributed by atoms with Gasteiger partial charge in [-0.2, -0.15) is 0 Å². The van der Waals surface area contributed by atoms with Crippen molar-refractivity contribution >= 4 is 11.6 Å². The molecule has 0 aromatic heterocycles. The van der Waals surface area contributed by atoms with Crippen LogP contribution in [0.25, 0.3) is 0 Å². The minimum Gasteiger partial charge on any atom is -0.311 e. The van der Waals surface area contributed by atoms with Crippen LogP contribution in [0.4, 0.5) is 10.1 Å². The maximum atomic E-state index is 12.8. The van der Waals surface area contributed by atoms with Crippen LogP contribution >= 0.6 is 0 Å². The van der Waals surface area contributed by atoms with Crippen molar-refractivity contribution in [3.8, 4) is 0 Å². The van der Waals surface area contributed by atoms with Crippen LogP contribution in [0.15, 0.2) is 48.5 Å². The van der Waals surface area contributed by atoms with Crippen molar-refractivity contribution < 1.29 is 9.18 Å². The maximum absolute atomic E-state index is 12.8. The first-order valence-electron chi connectivity index (χ1n) is 5.68. The molecule has 2 rings (SSSR count). The number of carbonyl (C=O) groups is 1. The third kappa shape index (κ3) is 2.56. The molecular weight excluding hydrogens is 229 g/mol. The highest BCUT2D eigenvalue weighted by atomic mass is 19.1. The fraction of sp³-hybridized carbons (Fsp3) is 0.133. The van der Waals surface area contributed by atoms with Crippen molar-refractivity contribution in [3.63, 3.8) is 0 Å². The minimum atomic E-state index is -0.343. The third-order valence-corrected chi connectivity index (χ3v) is 2.78. The minimum absolute atomic E-state index is 0.152. The van der Waals surface area contributed by atoms with Crippen molar-refractivity contribution in [2.75, 3.05) is 11.9 Å². The molecule has 0 N–H and O–H groups in total. The number of aryl methyl sites for hydroxylation is 1. The van der Waals surface area contributed by atoms with Crippen LogP contribution in [-0.2, 0) is 0 Å². The van der Waals surface area contributed by atoms with Crippen LogP contribution in [-0.4, -0.2) is 13.0 Å². The highest BCUT2D eigenvalue weighted by molar-refractivity contribution is 6.05. The summed E-state index contributed by atoms with van der Waals surface area (Å²) in [7, 11) is 1.71. The van der Waals surface area contributed by atoms with Crippen LogP contribution in [0, 0.1) is 12.7 Å². The van der Waals surface area contributed by atoms with E-state index >= 15 is 0 Å². The predicted molar refractivity (Wildman–Crippen MR) is 70.3 cm³/mol. The zero-order valence-electron chi connectivity index (χ0n) is 10.4. The van der Waals surface area contributed by atoms with Crippen LogP contribution in [0.3, 0.4) is 0 Å². The van der Waals surface area contributed by atoms with E-state index in [1.54, 1.807) is 11.9 Å². The Bertz CT molecular complexity index is 563. The molecule has 0 saturated carbocycles. The smallest absolute Gasteiger partial charge is 0.258 e. The lowest BCUT2D eigenvalue weighted by molar-refractivity contribution is 0.0993. The molecule has 2 aromatic rings. The highest BCUT2D eigenvalue weighted by Crippen LogP contribution is 2.17. The van der Waals surface area contributed by atoms with Crippen LogP contribution in [0.2, 0.25) is 0 Å². The van der Waals surface area contributed by atoms with E-state index in [-0.39, 0.29) is 11.7 Å². The lowest BCUT2D eigenvalue weighted by atomic mass is 10.1. The molecule has 1 amide bonds. The zero-order valence-corrected chi connectivity index (χ0v) is 10.4. The fourth-order valence-corrected chi connectivity index (χ4v) is 1.74. The van der Waals surface area contributed by atoms with Crippen LogP contribution in [0.5, 0.6) is 0 Å². The van der Waals surface area contributed by atoms with Gasteiger partial charge in [0.15, 0.2) is 0 Å². The van der Waals surface area contributed by atoms with E-state index in [1.807, 2.05) is 31.2 Å². The Morgan fingerprint density at radius 3 is 2.39 bits per heavy atom.